The molecule has 1 aromatic carbocycles. The van der Waals surface area contributed by atoms with Gasteiger partial charge in [0.25, 0.3) is 0 Å². The summed E-state index contributed by atoms with van der Waals surface area (Å²) in [6.45, 7) is 4.36. The van der Waals surface area contributed by atoms with Gasteiger partial charge in [-0.15, -0.1) is 0 Å². The van der Waals surface area contributed by atoms with E-state index < -0.39 is 5.97 Å². The molecule has 0 amide bonds. The lowest BCUT2D eigenvalue weighted by Crippen LogP contribution is -2.41. The first-order valence-corrected chi connectivity index (χ1v) is 6.29. The number of carbonyl (C=O) groups is 1. The van der Waals surface area contributed by atoms with E-state index in [1.165, 1.54) is 0 Å². The molecule has 1 aliphatic heterocycles. The molecule has 1 heterocycles. The summed E-state index contributed by atoms with van der Waals surface area (Å²) in [6.07, 6.45) is 0.704. The first kappa shape index (κ1) is 12.9. The van der Waals surface area contributed by atoms with E-state index >= 15 is 0 Å². The fraction of sp³-hybridized carbons (Fsp3) is 0.500. The van der Waals surface area contributed by atoms with Gasteiger partial charge < -0.3 is 10.2 Å². The molecular weight excluding hydrogens is 230 g/mol. The molecule has 4 nitrogen and oxygen atoms in total. The standard InChI is InChI=1S/C14H19NO3/c1-10-8-15(6-5-13(10)14(17)18)9-11-3-2-4-12(16)7-11/h2-4,7,10,13,16H,5-6,8-9H2,1H3,(H,17,18). The van der Waals surface area contributed by atoms with E-state index in [0.717, 1.165) is 25.2 Å². The largest absolute Gasteiger partial charge is 0.508 e. The Labute approximate surface area is 107 Å². The van der Waals surface area contributed by atoms with Crippen LogP contribution in [0, 0.1) is 11.8 Å². The number of carboxylic acid groups (broad SMARTS) is 1. The van der Waals surface area contributed by atoms with Gasteiger partial charge in [0, 0.05) is 13.1 Å². The number of carboxylic acids is 1. The maximum Gasteiger partial charge on any atom is 0.306 e. The van der Waals surface area contributed by atoms with Crippen molar-refractivity contribution in [3.8, 4) is 5.75 Å². The van der Waals surface area contributed by atoms with Crippen LogP contribution in [0.4, 0.5) is 0 Å². The highest BCUT2D eigenvalue weighted by Gasteiger charge is 2.30. The van der Waals surface area contributed by atoms with Crippen LogP contribution in [0.2, 0.25) is 0 Å². The van der Waals surface area contributed by atoms with Crippen LogP contribution in [-0.4, -0.2) is 34.2 Å². The number of hydrogen-bond donors (Lipinski definition) is 2. The van der Waals surface area contributed by atoms with Crippen LogP contribution in [0.5, 0.6) is 5.75 Å². The predicted molar refractivity (Wildman–Crippen MR) is 68.3 cm³/mol. The summed E-state index contributed by atoms with van der Waals surface area (Å²) in [7, 11) is 0. The fourth-order valence-corrected chi connectivity index (χ4v) is 2.66. The maximum atomic E-state index is 11.0. The molecule has 1 fully saturated rings. The Morgan fingerprint density at radius 1 is 1.50 bits per heavy atom. The number of phenols is 1. The Bertz CT molecular complexity index is 433. The van der Waals surface area contributed by atoms with E-state index in [9.17, 15) is 9.90 Å². The van der Waals surface area contributed by atoms with Gasteiger partial charge in [0.05, 0.1) is 5.92 Å². The van der Waals surface area contributed by atoms with Crippen molar-refractivity contribution in [3.05, 3.63) is 29.8 Å². The quantitative estimate of drug-likeness (QED) is 0.859. The Morgan fingerprint density at radius 3 is 2.89 bits per heavy atom. The van der Waals surface area contributed by atoms with Crippen LogP contribution >= 0.6 is 0 Å². The van der Waals surface area contributed by atoms with E-state index in [0.29, 0.717) is 6.42 Å². The second-order valence-corrected chi connectivity index (χ2v) is 5.12. The lowest BCUT2D eigenvalue weighted by molar-refractivity contribution is -0.145. The number of aromatic hydroxyl groups is 1. The summed E-state index contributed by atoms with van der Waals surface area (Å²) < 4.78 is 0. The number of aliphatic carboxylic acids is 1. The second kappa shape index (κ2) is 5.40. The summed E-state index contributed by atoms with van der Waals surface area (Å²) in [6, 6.07) is 7.22. The molecule has 4 heteroatoms. The van der Waals surface area contributed by atoms with Gasteiger partial charge in [-0.1, -0.05) is 19.1 Å². The zero-order valence-electron chi connectivity index (χ0n) is 10.5. The average molecular weight is 249 g/mol. The molecule has 2 unspecified atom stereocenters. The van der Waals surface area contributed by atoms with Gasteiger partial charge >= 0.3 is 5.97 Å². The molecule has 0 spiro atoms. The van der Waals surface area contributed by atoms with Crippen LogP contribution in [0.3, 0.4) is 0 Å². The smallest absolute Gasteiger partial charge is 0.306 e. The summed E-state index contributed by atoms with van der Waals surface area (Å²) in [5.74, 6) is -0.445. The number of rotatable bonds is 3. The number of likely N-dealkylation sites (tertiary alicyclic amines) is 1. The van der Waals surface area contributed by atoms with Crippen LogP contribution < -0.4 is 0 Å². The summed E-state index contributed by atoms with van der Waals surface area (Å²) in [5.41, 5.74) is 1.07. The maximum absolute atomic E-state index is 11.0. The van der Waals surface area contributed by atoms with Crippen molar-refractivity contribution in [1.29, 1.82) is 0 Å². The first-order valence-electron chi connectivity index (χ1n) is 6.29. The van der Waals surface area contributed by atoms with Gasteiger partial charge in [-0.05, 0) is 36.6 Å². The van der Waals surface area contributed by atoms with Crippen molar-refractivity contribution in [1.82, 2.24) is 4.90 Å². The SMILES string of the molecule is CC1CN(Cc2cccc(O)c2)CCC1C(=O)O. The Morgan fingerprint density at radius 2 is 2.28 bits per heavy atom. The highest BCUT2D eigenvalue weighted by Crippen LogP contribution is 2.25. The molecule has 98 valence electrons. The third kappa shape index (κ3) is 3.01. The van der Waals surface area contributed by atoms with Crippen molar-refractivity contribution in [2.24, 2.45) is 11.8 Å². The van der Waals surface area contributed by atoms with Crippen LogP contribution in [0.25, 0.3) is 0 Å². The lowest BCUT2D eigenvalue weighted by atomic mass is 9.87. The molecule has 0 aromatic heterocycles. The molecule has 18 heavy (non-hydrogen) atoms. The monoisotopic (exact) mass is 249 g/mol. The van der Waals surface area contributed by atoms with Crippen molar-refractivity contribution >= 4 is 5.97 Å². The fourth-order valence-electron chi connectivity index (χ4n) is 2.66. The summed E-state index contributed by atoms with van der Waals surface area (Å²) in [5, 5.41) is 18.5. The van der Waals surface area contributed by atoms with E-state index in [1.54, 1.807) is 12.1 Å². The highest BCUT2D eigenvalue weighted by molar-refractivity contribution is 5.70. The molecule has 0 bridgehead atoms. The molecule has 1 saturated heterocycles. The Hall–Kier alpha value is -1.55. The average Bonchev–Trinajstić information content (AvgIpc) is 2.28. The first-order chi connectivity index (χ1) is 8.56. The second-order valence-electron chi connectivity index (χ2n) is 5.12. The Kier molecular flexibility index (Phi) is 3.87. The molecule has 0 radical (unpaired) electrons. The molecule has 2 rings (SSSR count). The van der Waals surface area contributed by atoms with Crippen molar-refractivity contribution in [3.63, 3.8) is 0 Å². The minimum absolute atomic E-state index is 0.175. The molecule has 0 aliphatic carbocycles. The van der Waals surface area contributed by atoms with E-state index in [4.69, 9.17) is 5.11 Å². The zero-order valence-corrected chi connectivity index (χ0v) is 10.5. The number of hydrogen-bond acceptors (Lipinski definition) is 3. The number of piperidine rings is 1. The van der Waals surface area contributed by atoms with E-state index in [-0.39, 0.29) is 17.6 Å². The Balaban J connectivity index is 1.95. The van der Waals surface area contributed by atoms with Crippen LogP contribution in [-0.2, 0) is 11.3 Å². The van der Waals surface area contributed by atoms with E-state index in [2.05, 4.69) is 4.90 Å². The number of benzene rings is 1. The third-order valence-corrected chi connectivity index (χ3v) is 3.62. The molecular formula is C14H19NO3. The van der Waals surface area contributed by atoms with E-state index in [1.807, 2.05) is 19.1 Å². The zero-order chi connectivity index (χ0) is 13.1. The third-order valence-electron chi connectivity index (χ3n) is 3.62. The van der Waals surface area contributed by atoms with Crippen molar-refractivity contribution in [2.75, 3.05) is 13.1 Å². The normalized spacial score (nSPS) is 24.9. The molecule has 1 aliphatic rings. The lowest BCUT2D eigenvalue weighted by Gasteiger charge is -2.34. The summed E-state index contributed by atoms with van der Waals surface area (Å²) in [4.78, 5) is 13.3. The number of phenolic OH excluding ortho intramolecular Hbond substituents is 1. The van der Waals surface area contributed by atoms with Gasteiger partial charge in [-0.25, -0.2) is 0 Å². The molecule has 2 atom stereocenters. The highest BCUT2D eigenvalue weighted by atomic mass is 16.4. The summed E-state index contributed by atoms with van der Waals surface area (Å²) >= 11 is 0. The van der Waals surface area contributed by atoms with Gasteiger partial charge in [-0.3, -0.25) is 9.69 Å². The minimum atomic E-state index is -0.681. The molecule has 0 saturated carbocycles. The minimum Gasteiger partial charge on any atom is -0.508 e. The van der Waals surface area contributed by atoms with Crippen LogP contribution in [0.15, 0.2) is 24.3 Å². The predicted octanol–water partition coefficient (Wildman–Crippen LogP) is 1.93. The van der Waals surface area contributed by atoms with Crippen molar-refractivity contribution in [2.45, 2.75) is 19.9 Å². The van der Waals surface area contributed by atoms with Gasteiger partial charge in [0.15, 0.2) is 0 Å². The van der Waals surface area contributed by atoms with Gasteiger partial charge in [0.1, 0.15) is 5.75 Å². The van der Waals surface area contributed by atoms with Gasteiger partial charge in [-0.2, -0.15) is 0 Å². The van der Waals surface area contributed by atoms with Crippen molar-refractivity contribution < 1.29 is 15.0 Å². The van der Waals surface area contributed by atoms with Crippen LogP contribution in [0.1, 0.15) is 18.9 Å². The molecule has 2 N–H and O–H groups in total. The molecule has 1 aromatic rings. The number of nitrogens with zero attached hydrogens (tertiary/aromatic N) is 1. The van der Waals surface area contributed by atoms with Gasteiger partial charge in [0.2, 0.25) is 0 Å². The topological polar surface area (TPSA) is 60.8 Å².